The van der Waals surface area contributed by atoms with Crippen LogP contribution in [-0.2, 0) is 26.2 Å². The maximum atomic E-state index is 14.2. The summed E-state index contributed by atoms with van der Waals surface area (Å²) in [5.74, 6) is -0.536. The minimum absolute atomic E-state index is 0.0539. The second kappa shape index (κ2) is 15.1. The van der Waals surface area contributed by atoms with Crippen molar-refractivity contribution in [2.45, 2.75) is 57.6 Å². The summed E-state index contributed by atoms with van der Waals surface area (Å²) in [4.78, 5) is 39.3. The van der Waals surface area contributed by atoms with E-state index in [1.807, 2.05) is 13.8 Å². The lowest BCUT2D eigenvalue weighted by atomic mass is 10.1. The van der Waals surface area contributed by atoms with Gasteiger partial charge in [-0.2, -0.15) is 0 Å². The molecule has 0 heterocycles. The number of aryl methyl sites for hydroxylation is 1. The first kappa shape index (κ1) is 35.1. The summed E-state index contributed by atoms with van der Waals surface area (Å²) in [6.45, 7) is 5.94. The number of methoxy groups -OCH3 is 2. The van der Waals surface area contributed by atoms with Gasteiger partial charge in [-0.05, 0) is 69.2 Å². The van der Waals surface area contributed by atoms with Gasteiger partial charge in [0.2, 0.25) is 11.8 Å². The number of ether oxygens (including phenoxy) is 2. The molecule has 0 unspecified atom stereocenters. The number of hydrogen-bond acceptors (Lipinski definition) is 8. The second-order valence-electron chi connectivity index (χ2n) is 10.4. The normalized spacial score (nSPS) is 12.5. The zero-order valence-electron chi connectivity index (χ0n) is 25.9. The molecule has 2 atom stereocenters. The van der Waals surface area contributed by atoms with Gasteiger partial charge in [-0.1, -0.05) is 36.7 Å². The van der Waals surface area contributed by atoms with E-state index in [0.717, 1.165) is 10.4 Å². The van der Waals surface area contributed by atoms with Gasteiger partial charge in [-0.25, -0.2) is 8.42 Å². The SMILES string of the molecule is CC[C@@H](C)NC(=O)[C@@H](C)N(Cc1cccc(OC)c1)C(=O)CN(c1cc(Cl)ccc1OC)S(=O)(=O)c1ccc(C)c([N+](=O)[O-])c1. The Morgan fingerprint density at radius 2 is 1.76 bits per heavy atom. The van der Waals surface area contributed by atoms with Gasteiger partial charge in [0.1, 0.15) is 24.1 Å². The Balaban J connectivity index is 2.16. The van der Waals surface area contributed by atoms with E-state index in [2.05, 4.69) is 5.32 Å². The van der Waals surface area contributed by atoms with Crippen LogP contribution < -0.4 is 19.1 Å². The first-order chi connectivity index (χ1) is 21.2. The van der Waals surface area contributed by atoms with Gasteiger partial charge in [0.15, 0.2) is 0 Å². The van der Waals surface area contributed by atoms with Gasteiger partial charge in [0.25, 0.3) is 15.7 Å². The maximum Gasteiger partial charge on any atom is 0.273 e. The lowest BCUT2D eigenvalue weighted by Crippen LogP contribution is -2.52. The van der Waals surface area contributed by atoms with Gasteiger partial charge in [-0.15, -0.1) is 0 Å². The molecule has 0 aliphatic rings. The summed E-state index contributed by atoms with van der Waals surface area (Å²) in [7, 11) is -1.81. The Morgan fingerprint density at radius 1 is 1.04 bits per heavy atom. The number of amides is 2. The molecule has 3 aromatic rings. The molecule has 2 amide bonds. The highest BCUT2D eigenvalue weighted by atomic mass is 35.5. The highest BCUT2D eigenvalue weighted by Gasteiger charge is 2.35. The van der Waals surface area contributed by atoms with Crippen molar-refractivity contribution in [3.05, 3.63) is 86.9 Å². The fourth-order valence-electron chi connectivity index (χ4n) is 4.46. The van der Waals surface area contributed by atoms with Crippen molar-refractivity contribution in [1.29, 1.82) is 0 Å². The number of hydrogen-bond donors (Lipinski definition) is 1. The molecule has 0 aromatic heterocycles. The van der Waals surface area contributed by atoms with Crippen LogP contribution in [0, 0.1) is 17.0 Å². The lowest BCUT2D eigenvalue weighted by Gasteiger charge is -2.33. The van der Waals surface area contributed by atoms with Crippen LogP contribution in [0.5, 0.6) is 11.5 Å². The highest BCUT2D eigenvalue weighted by Crippen LogP contribution is 2.36. The summed E-state index contributed by atoms with van der Waals surface area (Å²) in [6, 6.07) is 13.5. The maximum absolute atomic E-state index is 14.2. The monoisotopic (exact) mass is 660 g/mol. The van der Waals surface area contributed by atoms with E-state index in [0.29, 0.717) is 17.7 Å². The summed E-state index contributed by atoms with van der Waals surface area (Å²) < 4.78 is 40.0. The summed E-state index contributed by atoms with van der Waals surface area (Å²) in [6.07, 6.45) is 0.658. The number of nitro groups is 1. The number of nitrogens with zero attached hydrogens (tertiary/aromatic N) is 3. The molecule has 14 heteroatoms. The quantitative estimate of drug-likeness (QED) is 0.185. The molecule has 0 saturated carbocycles. The molecule has 0 aliphatic heterocycles. The predicted octanol–water partition coefficient (Wildman–Crippen LogP) is 5.10. The van der Waals surface area contributed by atoms with E-state index < -0.39 is 49.9 Å². The molecular weight excluding hydrogens is 624 g/mol. The third kappa shape index (κ3) is 8.43. The number of nitrogens with one attached hydrogen (secondary N) is 1. The van der Waals surface area contributed by atoms with E-state index in [-0.39, 0.29) is 34.6 Å². The van der Waals surface area contributed by atoms with Crippen LogP contribution in [-0.4, -0.2) is 62.9 Å². The summed E-state index contributed by atoms with van der Waals surface area (Å²) in [5, 5.41) is 14.7. The summed E-state index contributed by atoms with van der Waals surface area (Å²) >= 11 is 6.26. The van der Waals surface area contributed by atoms with E-state index in [4.69, 9.17) is 21.1 Å². The summed E-state index contributed by atoms with van der Waals surface area (Å²) in [5.41, 5.74) is 0.414. The van der Waals surface area contributed by atoms with E-state index >= 15 is 0 Å². The molecule has 45 heavy (non-hydrogen) atoms. The largest absolute Gasteiger partial charge is 0.497 e. The van der Waals surface area contributed by atoms with Crippen LogP contribution in [0.4, 0.5) is 11.4 Å². The van der Waals surface area contributed by atoms with Crippen molar-refractivity contribution in [2.24, 2.45) is 0 Å². The Labute approximate surface area is 268 Å². The molecular formula is C31H37ClN4O8S. The average Bonchev–Trinajstić information content (AvgIpc) is 3.01. The molecule has 3 aromatic carbocycles. The van der Waals surface area contributed by atoms with Gasteiger partial charge in [0.05, 0.1) is 29.7 Å². The minimum Gasteiger partial charge on any atom is -0.497 e. The number of nitro benzene ring substituents is 1. The van der Waals surface area contributed by atoms with Crippen molar-refractivity contribution in [2.75, 3.05) is 25.1 Å². The molecule has 0 spiro atoms. The van der Waals surface area contributed by atoms with Crippen LogP contribution in [0.3, 0.4) is 0 Å². The van der Waals surface area contributed by atoms with E-state index in [9.17, 15) is 28.1 Å². The smallest absolute Gasteiger partial charge is 0.273 e. The zero-order chi connectivity index (χ0) is 33.5. The fourth-order valence-corrected chi connectivity index (χ4v) is 6.06. The number of anilines is 1. The third-order valence-corrected chi connectivity index (χ3v) is 9.30. The van der Waals surface area contributed by atoms with Crippen LogP contribution in [0.15, 0.2) is 65.6 Å². The van der Waals surface area contributed by atoms with Crippen molar-refractivity contribution < 1.29 is 32.4 Å². The first-order valence-electron chi connectivity index (χ1n) is 14.1. The molecule has 242 valence electrons. The van der Waals surface area contributed by atoms with Crippen molar-refractivity contribution >= 4 is 44.8 Å². The first-order valence-corrected chi connectivity index (χ1v) is 15.9. The molecule has 0 radical (unpaired) electrons. The number of halogens is 1. The van der Waals surface area contributed by atoms with Crippen molar-refractivity contribution in [3.8, 4) is 11.5 Å². The Hall–Kier alpha value is -4.36. The fraction of sp³-hybridized carbons (Fsp3) is 0.355. The molecule has 0 fully saturated rings. The van der Waals surface area contributed by atoms with Crippen LogP contribution in [0.2, 0.25) is 5.02 Å². The molecule has 3 rings (SSSR count). The van der Waals surface area contributed by atoms with E-state index in [1.54, 1.807) is 31.2 Å². The molecule has 0 saturated heterocycles. The number of carbonyl (C=O) groups excluding carboxylic acids is 2. The average molecular weight is 661 g/mol. The van der Waals surface area contributed by atoms with Crippen molar-refractivity contribution in [1.82, 2.24) is 10.2 Å². The zero-order valence-corrected chi connectivity index (χ0v) is 27.5. The molecule has 0 bridgehead atoms. The number of benzene rings is 3. The van der Waals surface area contributed by atoms with Crippen molar-refractivity contribution in [3.63, 3.8) is 0 Å². The number of carbonyl (C=O) groups is 2. The minimum atomic E-state index is -4.64. The van der Waals surface area contributed by atoms with Crippen LogP contribution >= 0.6 is 11.6 Å². The molecule has 12 nitrogen and oxygen atoms in total. The van der Waals surface area contributed by atoms with Gasteiger partial charge >= 0.3 is 0 Å². The van der Waals surface area contributed by atoms with Gasteiger partial charge in [0, 0.05) is 29.2 Å². The standard InChI is InChI=1S/C31H37ClN4O8S/c1-7-21(3)33-31(38)22(4)34(18-23-9-8-10-25(15-23)43-5)30(37)19-35(28-16-24(32)12-14-29(28)44-6)45(41,42)26-13-11-20(2)27(17-26)36(39)40/h8-17,21-22H,7,18-19H2,1-6H3,(H,33,38)/t21-,22-/m1/s1. The lowest BCUT2D eigenvalue weighted by molar-refractivity contribution is -0.385. The van der Waals surface area contributed by atoms with E-state index in [1.165, 1.54) is 56.4 Å². The van der Waals surface area contributed by atoms with Gasteiger partial charge in [-0.3, -0.25) is 24.0 Å². The Bertz CT molecular complexity index is 1670. The predicted molar refractivity (Wildman–Crippen MR) is 171 cm³/mol. The third-order valence-electron chi connectivity index (χ3n) is 7.31. The topological polar surface area (TPSA) is 148 Å². The number of rotatable bonds is 14. The molecule has 0 aliphatic carbocycles. The Kier molecular flexibility index (Phi) is 11.8. The second-order valence-corrected chi connectivity index (χ2v) is 12.7. The van der Waals surface area contributed by atoms with Gasteiger partial charge < -0.3 is 19.7 Å². The molecule has 1 N–H and O–H groups in total. The number of sulfonamides is 1. The Morgan fingerprint density at radius 3 is 2.38 bits per heavy atom. The van der Waals surface area contributed by atoms with Crippen LogP contribution in [0.25, 0.3) is 0 Å². The van der Waals surface area contributed by atoms with Crippen LogP contribution in [0.1, 0.15) is 38.3 Å². The highest BCUT2D eigenvalue weighted by molar-refractivity contribution is 7.92.